The number of piperidine rings is 1. The molecule has 1 saturated heterocycles. The van der Waals surface area contributed by atoms with Crippen molar-refractivity contribution >= 4 is 12.4 Å². The fraction of sp³-hybridized carbons (Fsp3) is 0.400. The van der Waals surface area contributed by atoms with Crippen LogP contribution in [0.25, 0.3) is 0 Å². The molecule has 1 aliphatic heterocycles. The molecule has 0 saturated carbocycles. The van der Waals surface area contributed by atoms with Gasteiger partial charge in [0.15, 0.2) is 0 Å². The number of methoxy groups -OCH3 is 1. The first-order chi connectivity index (χ1) is 11.3. The standard InChI is InChI=1S/C20H25NO2.ClH/c1-22-18-8-4-6-16(14-18)11-12-17-7-2-3-10-20(17)23-19-9-5-13-21-15-19;/h2-4,6-8,10,14,19,21H,5,9,11-13,15H2,1H3;1H. The second-order valence-corrected chi connectivity index (χ2v) is 6.05. The van der Waals surface area contributed by atoms with Crippen LogP contribution in [0.5, 0.6) is 11.5 Å². The third-order valence-electron chi connectivity index (χ3n) is 4.34. The van der Waals surface area contributed by atoms with Gasteiger partial charge in [0.05, 0.1) is 7.11 Å². The predicted molar refractivity (Wildman–Crippen MR) is 101 cm³/mol. The molecule has 0 aromatic heterocycles. The molecule has 1 heterocycles. The zero-order chi connectivity index (χ0) is 15.9. The van der Waals surface area contributed by atoms with E-state index in [1.54, 1.807) is 7.11 Å². The van der Waals surface area contributed by atoms with E-state index in [0.717, 1.165) is 43.9 Å². The SMILES string of the molecule is COc1cccc(CCc2ccccc2OC2CCCNC2)c1.Cl. The fourth-order valence-corrected chi connectivity index (χ4v) is 3.03. The molecule has 2 aromatic carbocycles. The first-order valence-electron chi connectivity index (χ1n) is 8.43. The molecular weight excluding hydrogens is 322 g/mol. The summed E-state index contributed by atoms with van der Waals surface area (Å²) >= 11 is 0. The van der Waals surface area contributed by atoms with Crippen molar-refractivity contribution in [2.45, 2.75) is 31.8 Å². The molecule has 3 rings (SSSR count). The monoisotopic (exact) mass is 347 g/mol. The number of nitrogens with one attached hydrogen (secondary N) is 1. The molecule has 1 unspecified atom stereocenters. The van der Waals surface area contributed by atoms with Crippen molar-refractivity contribution in [1.29, 1.82) is 0 Å². The number of ether oxygens (including phenoxy) is 2. The zero-order valence-corrected chi connectivity index (χ0v) is 15.0. The molecule has 0 radical (unpaired) electrons. The van der Waals surface area contributed by atoms with Gasteiger partial charge in [-0.3, -0.25) is 0 Å². The van der Waals surface area contributed by atoms with Crippen LogP contribution in [0.1, 0.15) is 24.0 Å². The Morgan fingerprint density at radius 3 is 2.75 bits per heavy atom. The summed E-state index contributed by atoms with van der Waals surface area (Å²) in [5.74, 6) is 1.95. The van der Waals surface area contributed by atoms with Crippen molar-refractivity contribution in [3.8, 4) is 11.5 Å². The van der Waals surface area contributed by atoms with Crippen molar-refractivity contribution in [3.63, 3.8) is 0 Å². The number of hydrogen-bond donors (Lipinski definition) is 1. The van der Waals surface area contributed by atoms with E-state index in [4.69, 9.17) is 9.47 Å². The average molecular weight is 348 g/mol. The summed E-state index contributed by atoms with van der Waals surface area (Å²) < 4.78 is 11.5. The maximum atomic E-state index is 6.23. The van der Waals surface area contributed by atoms with Crippen LogP contribution in [0.3, 0.4) is 0 Å². The van der Waals surface area contributed by atoms with E-state index in [2.05, 4.69) is 41.7 Å². The van der Waals surface area contributed by atoms with E-state index in [0.29, 0.717) is 6.10 Å². The Hall–Kier alpha value is -1.71. The summed E-state index contributed by atoms with van der Waals surface area (Å²) in [6.07, 6.45) is 4.58. The Bertz CT molecular complexity index is 627. The molecule has 1 atom stereocenters. The van der Waals surface area contributed by atoms with Gasteiger partial charge in [0, 0.05) is 6.54 Å². The summed E-state index contributed by atoms with van der Waals surface area (Å²) in [6, 6.07) is 16.7. The average Bonchev–Trinajstić information content (AvgIpc) is 2.62. The van der Waals surface area contributed by atoms with E-state index < -0.39 is 0 Å². The fourth-order valence-electron chi connectivity index (χ4n) is 3.03. The number of para-hydroxylation sites is 1. The summed E-state index contributed by atoms with van der Waals surface area (Å²) in [7, 11) is 1.71. The highest BCUT2D eigenvalue weighted by Crippen LogP contribution is 2.23. The van der Waals surface area contributed by atoms with E-state index in [1.165, 1.54) is 17.5 Å². The van der Waals surface area contributed by atoms with Crippen LogP contribution in [0.2, 0.25) is 0 Å². The van der Waals surface area contributed by atoms with Gasteiger partial charge in [-0.1, -0.05) is 30.3 Å². The highest BCUT2D eigenvalue weighted by molar-refractivity contribution is 5.85. The highest BCUT2D eigenvalue weighted by Gasteiger charge is 2.15. The van der Waals surface area contributed by atoms with Gasteiger partial charge in [0.2, 0.25) is 0 Å². The Labute approximate surface area is 150 Å². The van der Waals surface area contributed by atoms with E-state index >= 15 is 0 Å². The second kappa shape index (κ2) is 9.55. The molecule has 4 heteroatoms. The number of halogens is 1. The van der Waals surface area contributed by atoms with Gasteiger partial charge in [-0.15, -0.1) is 12.4 Å². The van der Waals surface area contributed by atoms with Crippen LogP contribution >= 0.6 is 12.4 Å². The first-order valence-corrected chi connectivity index (χ1v) is 8.43. The first kappa shape index (κ1) is 18.6. The molecule has 0 aliphatic carbocycles. The van der Waals surface area contributed by atoms with Crippen molar-refractivity contribution in [1.82, 2.24) is 5.32 Å². The van der Waals surface area contributed by atoms with Crippen LogP contribution in [0.4, 0.5) is 0 Å². The van der Waals surface area contributed by atoms with Crippen LogP contribution < -0.4 is 14.8 Å². The zero-order valence-electron chi connectivity index (χ0n) is 14.2. The van der Waals surface area contributed by atoms with Gasteiger partial charge in [0.1, 0.15) is 17.6 Å². The van der Waals surface area contributed by atoms with Gasteiger partial charge < -0.3 is 14.8 Å². The van der Waals surface area contributed by atoms with Gasteiger partial charge >= 0.3 is 0 Å². The quantitative estimate of drug-likeness (QED) is 0.855. The third-order valence-corrected chi connectivity index (χ3v) is 4.34. The summed E-state index contributed by atoms with van der Waals surface area (Å²) in [4.78, 5) is 0. The Morgan fingerprint density at radius 1 is 1.08 bits per heavy atom. The third kappa shape index (κ3) is 5.15. The Kier molecular flexibility index (Phi) is 7.41. The number of aryl methyl sites for hydroxylation is 2. The lowest BCUT2D eigenvalue weighted by atomic mass is 10.0. The maximum Gasteiger partial charge on any atom is 0.122 e. The molecule has 1 aliphatic rings. The lowest BCUT2D eigenvalue weighted by Gasteiger charge is -2.25. The molecule has 1 N–H and O–H groups in total. The van der Waals surface area contributed by atoms with Crippen molar-refractivity contribution in [2.24, 2.45) is 0 Å². The minimum Gasteiger partial charge on any atom is -0.497 e. The van der Waals surface area contributed by atoms with Gasteiger partial charge in [-0.05, 0) is 61.6 Å². The number of hydrogen-bond acceptors (Lipinski definition) is 3. The smallest absolute Gasteiger partial charge is 0.122 e. The van der Waals surface area contributed by atoms with Crippen molar-refractivity contribution < 1.29 is 9.47 Å². The summed E-state index contributed by atoms with van der Waals surface area (Å²) in [6.45, 7) is 2.06. The molecule has 0 amide bonds. The normalized spacial score (nSPS) is 17.0. The van der Waals surface area contributed by atoms with E-state index in [9.17, 15) is 0 Å². The molecule has 24 heavy (non-hydrogen) atoms. The lowest BCUT2D eigenvalue weighted by Crippen LogP contribution is -2.37. The Balaban J connectivity index is 0.00000208. The number of rotatable bonds is 6. The largest absolute Gasteiger partial charge is 0.497 e. The lowest BCUT2D eigenvalue weighted by molar-refractivity contribution is 0.165. The molecular formula is C20H26ClNO2. The van der Waals surface area contributed by atoms with Crippen molar-refractivity contribution in [3.05, 3.63) is 59.7 Å². The van der Waals surface area contributed by atoms with Crippen LogP contribution in [-0.2, 0) is 12.8 Å². The van der Waals surface area contributed by atoms with Crippen LogP contribution in [0.15, 0.2) is 48.5 Å². The van der Waals surface area contributed by atoms with E-state index in [-0.39, 0.29) is 12.4 Å². The molecule has 1 fully saturated rings. The minimum absolute atomic E-state index is 0. The van der Waals surface area contributed by atoms with Crippen molar-refractivity contribution in [2.75, 3.05) is 20.2 Å². The van der Waals surface area contributed by atoms with Crippen LogP contribution in [-0.4, -0.2) is 26.3 Å². The van der Waals surface area contributed by atoms with Gasteiger partial charge in [0.25, 0.3) is 0 Å². The minimum atomic E-state index is 0. The molecule has 3 nitrogen and oxygen atoms in total. The van der Waals surface area contributed by atoms with E-state index in [1.807, 2.05) is 12.1 Å². The maximum absolute atomic E-state index is 6.23. The van der Waals surface area contributed by atoms with Gasteiger partial charge in [-0.2, -0.15) is 0 Å². The molecule has 0 bridgehead atoms. The molecule has 2 aromatic rings. The number of benzene rings is 2. The topological polar surface area (TPSA) is 30.5 Å². The summed E-state index contributed by atoms with van der Waals surface area (Å²) in [5.41, 5.74) is 2.57. The highest BCUT2D eigenvalue weighted by atomic mass is 35.5. The van der Waals surface area contributed by atoms with Crippen LogP contribution in [0, 0.1) is 0 Å². The second-order valence-electron chi connectivity index (χ2n) is 6.05. The molecule has 130 valence electrons. The molecule has 0 spiro atoms. The Morgan fingerprint density at radius 2 is 1.96 bits per heavy atom. The summed E-state index contributed by atoms with van der Waals surface area (Å²) in [5, 5.41) is 3.41. The van der Waals surface area contributed by atoms with Gasteiger partial charge in [-0.25, -0.2) is 0 Å². The predicted octanol–water partition coefficient (Wildman–Crippen LogP) is 4.03.